The third-order valence-corrected chi connectivity index (χ3v) is 9.51. The molecule has 0 saturated carbocycles. The van der Waals surface area contributed by atoms with E-state index in [0.29, 0.717) is 0 Å². The summed E-state index contributed by atoms with van der Waals surface area (Å²) >= 11 is 2.82. The van der Waals surface area contributed by atoms with Gasteiger partial charge in [-0.2, -0.15) is 8.42 Å². The maximum Gasteiger partial charge on any atom is 1.00 e. The van der Waals surface area contributed by atoms with Gasteiger partial charge in [0.25, 0.3) is 10.1 Å². The molecule has 3 unspecified atom stereocenters. The summed E-state index contributed by atoms with van der Waals surface area (Å²) in [6.45, 7) is 8.35. The number of carbonyl (C=O) groups is 2. The van der Waals surface area contributed by atoms with Crippen LogP contribution in [0.5, 0.6) is 0 Å². The van der Waals surface area contributed by atoms with Crippen LogP contribution in [0.4, 0.5) is 0 Å². The molecule has 0 spiro atoms. The number of ether oxygens (including phenoxy) is 2. The summed E-state index contributed by atoms with van der Waals surface area (Å²) in [7, 11) is -4.76. The standard InChI is InChI=1S/C20H38O7S.C13H9.Al.Na.H/c1-5-9-11-16(7-3)14-26-19(21)13-18(28(23,24)25)20(22)27-15-17(8-4)12-10-6-2;1-3-7-12-10(5-1)9-11-6-2-4-8-13(11)12;;;/h16-18H,5-15H2,1-4H3,(H,23,24,25);1-5,7-8H,9H2;;;/q;;;+1;-1. The average Bonchev–Trinajstić information content (AvgIpc) is 3.36. The third-order valence-electron chi connectivity index (χ3n) is 7.89. The van der Waals surface area contributed by atoms with Crippen LogP contribution in [0.3, 0.4) is 0 Å². The van der Waals surface area contributed by atoms with E-state index in [2.05, 4.69) is 72.6 Å². The second kappa shape index (κ2) is 20.8. The Morgan fingerprint density at radius 3 is 2.00 bits per heavy atom. The average molecular weight is 639 g/mol. The van der Waals surface area contributed by atoms with E-state index in [9.17, 15) is 22.6 Å². The van der Waals surface area contributed by atoms with Crippen molar-refractivity contribution in [3.05, 3.63) is 53.6 Å². The Morgan fingerprint density at radius 1 is 0.884 bits per heavy atom. The largest absolute Gasteiger partial charge is 1.00 e. The van der Waals surface area contributed by atoms with Gasteiger partial charge in [0, 0.05) is 0 Å². The normalized spacial score (nSPS) is 13.7. The van der Waals surface area contributed by atoms with Gasteiger partial charge in [-0.25, -0.2) is 0 Å². The first-order chi connectivity index (χ1) is 20.0. The molecule has 0 aliphatic heterocycles. The fourth-order valence-electron chi connectivity index (χ4n) is 5.00. The fourth-order valence-corrected chi connectivity index (χ4v) is 6.03. The van der Waals surface area contributed by atoms with Gasteiger partial charge in [0.1, 0.15) is 0 Å². The molecule has 0 aromatic heterocycles. The maximum absolute atomic E-state index is 12.2. The van der Waals surface area contributed by atoms with Crippen LogP contribution in [0, 0.1) is 11.8 Å². The fraction of sp³-hybridized carbons (Fsp3) is 0.576. The molecule has 1 aliphatic rings. The van der Waals surface area contributed by atoms with Crippen LogP contribution in [0.1, 0.15) is 98.0 Å². The number of fused-ring (bicyclic) bond motifs is 3. The Labute approximate surface area is 290 Å². The minimum atomic E-state index is -4.76. The van der Waals surface area contributed by atoms with Gasteiger partial charge < -0.3 is 10.9 Å². The molecule has 0 amide bonds. The zero-order chi connectivity index (χ0) is 31.1. The predicted molar refractivity (Wildman–Crippen MR) is 170 cm³/mol. The number of unbranched alkanes of at least 4 members (excludes halogenated alkanes) is 2. The topological polar surface area (TPSA) is 107 Å². The molecule has 1 aliphatic carbocycles. The molecule has 1 N–H and O–H groups in total. The smallest absolute Gasteiger partial charge is 1.00 e. The van der Waals surface area contributed by atoms with Crippen LogP contribution in [0.2, 0.25) is 0 Å². The molecule has 2 aromatic carbocycles. The van der Waals surface area contributed by atoms with Crippen molar-refractivity contribution in [2.45, 2.75) is 97.2 Å². The van der Waals surface area contributed by atoms with Crippen molar-refractivity contribution in [1.29, 1.82) is 0 Å². The number of benzene rings is 2. The molecule has 3 atom stereocenters. The molecular weight excluding hydrogens is 590 g/mol. The third kappa shape index (κ3) is 13.4. The monoisotopic (exact) mass is 638 g/mol. The molecule has 3 rings (SSSR count). The van der Waals surface area contributed by atoms with E-state index in [1.165, 1.54) is 26.7 Å². The van der Waals surface area contributed by atoms with Crippen molar-refractivity contribution in [1.82, 2.24) is 0 Å². The van der Waals surface area contributed by atoms with Crippen molar-refractivity contribution >= 4 is 42.8 Å². The first-order valence-electron chi connectivity index (χ1n) is 15.3. The van der Waals surface area contributed by atoms with Crippen LogP contribution in [-0.2, 0) is 35.6 Å². The molecule has 232 valence electrons. The molecule has 43 heavy (non-hydrogen) atoms. The summed E-state index contributed by atoms with van der Waals surface area (Å²) in [5.41, 5.74) is 5.75. The summed E-state index contributed by atoms with van der Waals surface area (Å²) in [6, 6.07) is 15.2. The van der Waals surface area contributed by atoms with Gasteiger partial charge >= 0.3 is 41.5 Å². The minimum Gasteiger partial charge on any atom is -1.00 e. The SMILES string of the molecule is CCCCC(CC)COC(=O)CC(C(=O)OCC(CC)CCCC)S(=O)(=O)O.[Al][c]1cccc2c1Cc1ccccc1-2.[H-].[Na+]. The maximum atomic E-state index is 12.2. The van der Waals surface area contributed by atoms with Gasteiger partial charge in [-0.1, -0.05) is 114 Å². The molecule has 0 fully saturated rings. The molecule has 2 radical (unpaired) electrons. The van der Waals surface area contributed by atoms with Crippen LogP contribution in [-0.4, -0.2) is 59.7 Å². The van der Waals surface area contributed by atoms with Crippen molar-refractivity contribution in [3.8, 4) is 11.1 Å². The van der Waals surface area contributed by atoms with E-state index in [1.807, 2.05) is 13.8 Å². The zero-order valence-corrected chi connectivity index (χ0v) is 30.6. The van der Waals surface area contributed by atoms with Gasteiger partial charge in [-0.3, -0.25) is 14.1 Å². The van der Waals surface area contributed by atoms with Gasteiger partial charge in [-0.05, 0) is 47.8 Å². The summed E-state index contributed by atoms with van der Waals surface area (Å²) in [6.07, 6.45) is 7.83. The van der Waals surface area contributed by atoms with E-state index in [4.69, 9.17) is 9.47 Å². The van der Waals surface area contributed by atoms with Crippen molar-refractivity contribution in [3.63, 3.8) is 0 Å². The van der Waals surface area contributed by atoms with E-state index in [-0.39, 0.29) is 56.0 Å². The quantitative estimate of drug-likeness (QED) is 0.146. The predicted octanol–water partition coefficient (Wildman–Crippen LogP) is 3.32. The summed E-state index contributed by atoms with van der Waals surface area (Å²) in [4.78, 5) is 24.2. The summed E-state index contributed by atoms with van der Waals surface area (Å²) in [5, 5.41) is -1.95. The van der Waals surface area contributed by atoms with Crippen molar-refractivity contribution in [2.75, 3.05) is 13.2 Å². The van der Waals surface area contributed by atoms with Crippen LogP contribution in [0.25, 0.3) is 11.1 Å². The molecule has 0 saturated heterocycles. The van der Waals surface area contributed by atoms with E-state index in [1.54, 1.807) is 0 Å². The first kappa shape index (κ1) is 39.8. The van der Waals surface area contributed by atoms with Gasteiger partial charge in [0.15, 0.2) is 21.5 Å². The second-order valence-electron chi connectivity index (χ2n) is 11.1. The zero-order valence-electron chi connectivity index (χ0n) is 27.6. The minimum absolute atomic E-state index is 0. The first-order valence-corrected chi connectivity index (χ1v) is 17.4. The number of hydrogen-bond acceptors (Lipinski definition) is 6. The Kier molecular flexibility index (Phi) is 19.3. The molecular formula is C33H48AlNaO7S. The number of hydrogen-bond donors (Lipinski definition) is 1. The Balaban J connectivity index is 0.000000955. The van der Waals surface area contributed by atoms with Crippen LogP contribution >= 0.6 is 0 Å². The van der Waals surface area contributed by atoms with E-state index >= 15 is 0 Å². The molecule has 2 aromatic rings. The summed E-state index contributed by atoms with van der Waals surface area (Å²) in [5.74, 6) is -1.61. The van der Waals surface area contributed by atoms with Crippen molar-refractivity contribution in [2.24, 2.45) is 11.8 Å². The molecule has 7 nitrogen and oxygen atoms in total. The number of carbonyl (C=O) groups excluding carboxylic acids is 2. The van der Waals surface area contributed by atoms with Crippen LogP contribution < -0.4 is 34.0 Å². The summed E-state index contributed by atoms with van der Waals surface area (Å²) < 4.78 is 44.1. The van der Waals surface area contributed by atoms with Gasteiger partial charge in [0.2, 0.25) is 0 Å². The van der Waals surface area contributed by atoms with E-state index in [0.717, 1.165) is 57.8 Å². The van der Waals surface area contributed by atoms with Gasteiger partial charge in [-0.15, -0.1) is 4.43 Å². The van der Waals surface area contributed by atoms with Crippen molar-refractivity contribution < 1.29 is 63.0 Å². The van der Waals surface area contributed by atoms with Crippen LogP contribution in [0.15, 0.2) is 42.5 Å². The Bertz CT molecular complexity index is 1260. The van der Waals surface area contributed by atoms with E-state index < -0.39 is 33.7 Å². The molecule has 0 bridgehead atoms. The van der Waals surface area contributed by atoms with Gasteiger partial charge in [0.05, 0.1) is 19.6 Å². The Hall–Kier alpha value is -1.18. The Morgan fingerprint density at radius 2 is 1.44 bits per heavy atom. The number of rotatable bonds is 16. The molecule has 10 heteroatoms. The molecule has 0 heterocycles. The second-order valence-corrected chi connectivity index (χ2v) is 13.3. The number of esters is 2.